The van der Waals surface area contributed by atoms with Gasteiger partial charge < -0.3 is 14.0 Å². The van der Waals surface area contributed by atoms with Gasteiger partial charge in [0.15, 0.2) is 0 Å². The van der Waals surface area contributed by atoms with Gasteiger partial charge in [0.2, 0.25) is 7.98 Å². The standard InChI is InChI=1S/C16H20BNO2/c17-18-8-6-14(7-9-18)20-16-10-15(11-16)19-12-13-4-2-1-3-5-13/h1-9,15-16H,10-12H2,17H3/t15-,16-. The Morgan fingerprint density at radius 3 is 2.40 bits per heavy atom. The van der Waals surface area contributed by atoms with Crippen LogP contribution >= 0.6 is 0 Å². The fourth-order valence-electron chi connectivity index (χ4n) is 2.15. The summed E-state index contributed by atoms with van der Waals surface area (Å²) >= 11 is 0. The Hall–Kier alpha value is -1.81. The molecule has 20 heavy (non-hydrogen) atoms. The number of benzene rings is 1. The summed E-state index contributed by atoms with van der Waals surface area (Å²) in [6, 6.07) is 14.4. The molecule has 0 saturated heterocycles. The highest BCUT2D eigenvalue weighted by Crippen LogP contribution is 2.28. The smallest absolute Gasteiger partial charge is 0.239 e. The molecule has 1 fully saturated rings. The predicted octanol–water partition coefficient (Wildman–Crippen LogP) is 1.23. The Balaban J connectivity index is 1.39. The molecule has 1 heterocycles. The van der Waals surface area contributed by atoms with E-state index in [0.29, 0.717) is 18.8 Å². The van der Waals surface area contributed by atoms with Crippen LogP contribution in [0.1, 0.15) is 18.4 Å². The van der Waals surface area contributed by atoms with Gasteiger partial charge in [0.1, 0.15) is 24.2 Å². The lowest BCUT2D eigenvalue weighted by Gasteiger charge is -2.35. The molecule has 1 aliphatic rings. The second kappa shape index (κ2) is 6.10. The van der Waals surface area contributed by atoms with Crippen molar-refractivity contribution in [3.63, 3.8) is 0 Å². The van der Waals surface area contributed by atoms with E-state index in [0.717, 1.165) is 18.6 Å². The van der Waals surface area contributed by atoms with Crippen LogP contribution in [0.2, 0.25) is 0 Å². The summed E-state index contributed by atoms with van der Waals surface area (Å²) in [4.78, 5) is 0. The summed E-state index contributed by atoms with van der Waals surface area (Å²) in [6.45, 7) is 0.702. The average molecular weight is 269 g/mol. The molecule has 1 aromatic carbocycles. The Morgan fingerprint density at radius 1 is 1.00 bits per heavy atom. The molecule has 0 bridgehead atoms. The number of nitrogens with zero attached hydrogens (tertiary/aromatic N) is 1. The lowest BCUT2D eigenvalue weighted by atomic mass is 9.92. The molecule has 1 aliphatic carbocycles. The maximum atomic E-state index is 5.92. The van der Waals surface area contributed by atoms with E-state index in [1.807, 2.05) is 18.2 Å². The fraction of sp³-hybridized carbons (Fsp3) is 0.312. The molecule has 0 radical (unpaired) electrons. The number of rotatable bonds is 5. The molecule has 0 N–H and O–H groups in total. The Bertz CT molecular complexity index is 538. The van der Waals surface area contributed by atoms with Gasteiger partial charge in [-0.1, -0.05) is 30.3 Å². The summed E-state index contributed by atoms with van der Waals surface area (Å²) in [5.41, 5.74) is 1.24. The second-order valence-electron chi connectivity index (χ2n) is 4.81. The maximum absolute atomic E-state index is 5.92. The Kier molecular flexibility index (Phi) is 4.02. The van der Waals surface area contributed by atoms with Crippen molar-refractivity contribution in [3.05, 3.63) is 60.4 Å². The zero-order valence-electron chi connectivity index (χ0n) is 10.7. The molecule has 1 aromatic heterocycles. The predicted molar refractivity (Wildman–Crippen MR) is 80.6 cm³/mol. The molecule has 3 rings (SSSR count). The summed E-state index contributed by atoms with van der Waals surface area (Å²) < 4.78 is 14.0. The number of pyridine rings is 1. The van der Waals surface area contributed by atoms with Crippen LogP contribution in [0.4, 0.5) is 0 Å². The molecule has 104 valence electrons. The third kappa shape index (κ3) is 3.39. The number of hydrogen-bond donors (Lipinski definition) is 0. The van der Waals surface area contributed by atoms with Crippen LogP contribution < -0.4 is 9.21 Å². The normalized spacial score (nSPS) is 21.2. The van der Waals surface area contributed by atoms with Gasteiger partial charge in [0.25, 0.3) is 0 Å². The minimum absolute atomic E-state index is 0.220. The SMILES string of the molecule is [BH3-][n+]1ccc(O[C@H]2C[C@H](OCc3ccccc3)C2)cc1. The van der Waals surface area contributed by atoms with E-state index in [1.165, 1.54) is 5.56 Å². The van der Waals surface area contributed by atoms with Gasteiger partial charge in [0, 0.05) is 25.0 Å². The molecule has 3 nitrogen and oxygen atoms in total. The number of hydrogen-bond acceptors (Lipinski definition) is 2. The zero-order valence-corrected chi connectivity index (χ0v) is 10.7. The Labute approximate surface area is 120 Å². The van der Waals surface area contributed by atoms with Crippen LogP contribution in [0.5, 0.6) is 5.75 Å². The first-order valence-electron chi connectivity index (χ1n) is 6.62. The van der Waals surface area contributed by atoms with Crippen molar-refractivity contribution >= 4 is 7.98 Å². The van der Waals surface area contributed by atoms with E-state index < -0.39 is 0 Å². The van der Waals surface area contributed by atoms with Gasteiger partial charge in [-0.15, -0.1) is 0 Å². The molecule has 0 amide bonds. The highest BCUT2D eigenvalue weighted by atomic mass is 16.5. The summed E-state index contributed by atoms with van der Waals surface area (Å²) in [5, 5.41) is 0. The van der Waals surface area contributed by atoms with Gasteiger partial charge in [0.05, 0.1) is 12.7 Å². The van der Waals surface area contributed by atoms with Crippen molar-refractivity contribution in [2.75, 3.05) is 0 Å². The van der Waals surface area contributed by atoms with Crippen molar-refractivity contribution in [1.82, 2.24) is 0 Å². The highest BCUT2D eigenvalue weighted by molar-refractivity contribution is 5.94. The summed E-state index contributed by atoms with van der Waals surface area (Å²) in [6.07, 6.45) is 6.87. The third-order valence-corrected chi connectivity index (χ3v) is 3.33. The minimum atomic E-state index is 0.220. The van der Waals surface area contributed by atoms with Crippen molar-refractivity contribution in [1.29, 1.82) is 0 Å². The van der Waals surface area contributed by atoms with E-state index in [2.05, 4.69) is 41.1 Å². The molecule has 0 spiro atoms. The van der Waals surface area contributed by atoms with Gasteiger partial charge in [-0.3, -0.25) is 0 Å². The molecule has 0 unspecified atom stereocenters. The van der Waals surface area contributed by atoms with Gasteiger partial charge in [-0.2, -0.15) is 0 Å². The zero-order chi connectivity index (χ0) is 13.8. The monoisotopic (exact) mass is 269 g/mol. The summed E-state index contributed by atoms with van der Waals surface area (Å²) in [7, 11) is 0.220. The van der Waals surface area contributed by atoms with E-state index in [9.17, 15) is 0 Å². The van der Waals surface area contributed by atoms with Crippen molar-refractivity contribution < 1.29 is 14.0 Å². The molecular weight excluding hydrogens is 249 g/mol. The van der Waals surface area contributed by atoms with E-state index in [-0.39, 0.29) is 7.98 Å². The van der Waals surface area contributed by atoms with E-state index in [4.69, 9.17) is 9.47 Å². The van der Waals surface area contributed by atoms with Gasteiger partial charge in [-0.05, 0) is 5.56 Å². The van der Waals surface area contributed by atoms with E-state index in [1.54, 1.807) is 0 Å². The molecule has 0 atom stereocenters. The molecule has 2 aromatic rings. The van der Waals surface area contributed by atoms with Crippen LogP contribution in [-0.4, -0.2) is 20.2 Å². The fourth-order valence-corrected chi connectivity index (χ4v) is 2.15. The van der Waals surface area contributed by atoms with Crippen LogP contribution in [0.25, 0.3) is 0 Å². The van der Waals surface area contributed by atoms with Crippen molar-refractivity contribution in [2.45, 2.75) is 31.7 Å². The van der Waals surface area contributed by atoms with Crippen molar-refractivity contribution in [2.24, 2.45) is 0 Å². The third-order valence-electron chi connectivity index (χ3n) is 3.33. The highest BCUT2D eigenvalue weighted by Gasteiger charge is 2.31. The lowest BCUT2D eigenvalue weighted by Crippen LogP contribution is -2.39. The lowest BCUT2D eigenvalue weighted by molar-refractivity contribution is -0.521. The van der Waals surface area contributed by atoms with Crippen LogP contribution in [0.15, 0.2) is 54.9 Å². The van der Waals surface area contributed by atoms with Crippen LogP contribution in [-0.2, 0) is 11.3 Å². The van der Waals surface area contributed by atoms with Crippen molar-refractivity contribution in [3.8, 4) is 5.75 Å². The van der Waals surface area contributed by atoms with Crippen LogP contribution in [0.3, 0.4) is 0 Å². The minimum Gasteiger partial charge on any atom is -0.490 e. The molecule has 4 heteroatoms. The average Bonchev–Trinajstić information content (AvgIpc) is 2.44. The quantitative estimate of drug-likeness (QED) is 0.762. The molecular formula is C16H20BNO2. The Morgan fingerprint density at radius 2 is 1.70 bits per heavy atom. The first kappa shape index (κ1) is 13.2. The topological polar surface area (TPSA) is 22.3 Å². The number of aromatic nitrogens is 1. The molecule has 1 saturated carbocycles. The first-order valence-corrected chi connectivity index (χ1v) is 6.62. The molecule has 0 aliphatic heterocycles. The second-order valence-corrected chi connectivity index (χ2v) is 4.81. The van der Waals surface area contributed by atoms with Gasteiger partial charge >= 0.3 is 0 Å². The van der Waals surface area contributed by atoms with Crippen LogP contribution in [0, 0.1) is 0 Å². The maximum Gasteiger partial charge on any atom is 0.239 e. The van der Waals surface area contributed by atoms with E-state index >= 15 is 0 Å². The van der Waals surface area contributed by atoms with Gasteiger partial charge in [-0.25, -0.2) is 0 Å². The number of ether oxygens (including phenoxy) is 2. The largest absolute Gasteiger partial charge is 0.490 e. The first-order chi connectivity index (χ1) is 9.79. The summed E-state index contributed by atoms with van der Waals surface area (Å²) in [5.74, 6) is 0.979.